The topological polar surface area (TPSA) is 111 Å². The van der Waals surface area contributed by atoms with E-state index < -0.39 is 29.6 Å². The van der Waals surface area contributed by atoms with Gasteiger partial charge >= 0.3 is 5.97 Å². The second-order valence-electron chi connectivity index (χ2n) is 7.20. The van der Waals surface area contributed by atoms with Crippen LogP contribution in [0.1, 0.15) is 29.8 Å². The molecule has 1 heterocycles. The number of methoxy groups -OCH3 is 1. The Morgan fingerprint density at radius 1 is 1.17 bits per heavy atom. The molecule has 0 aliphatic carbocycles. The molecular formula is C24H22BrClN2O7S. The number of hydrogen-bond donors (Lipinski definition) is 1. The Hall–Kier alpha value is -3.02. The van der Waals surface area contributed by atoms with E-state index in [9.17, 15) is 19.2 Å². The van der Waals surface area contributed by atoms with E-state index >= 15 is 0 Å². The van der Waals surface area contributed by atoms with Crippen molar-refractivity contribution in [2.24, 2.45) is 0 Å². The first kappa shape index (κ1) is 27.6. The number of esters is 1. The molecule has 0 unspecified atom stereocenters. The van der Waals surface area contributed by atoms with E-state index in [1.54, 1.807) is 19.1 Å². The minimum Gasteiger partial charge on any atom is -0.493 e. The molecule has 0 radical (unpaired) electrons. The van der Waals surface area contributed by atoms with Crippen LogP contribution in [0.5, 0.6) is 11.5 Å². The highest BCUT2D eigenvalue weighted by molar-refractivity contribution is 9.10. The Bertz CT molecular complexity index is 1250. The molecule has 12 heteroatoms. The first-order chi connectivity index (χ1) is 17.2. The third kappa shape index (κ3) is 6.40. The highest BCUT2D eigenvalue weighted by Crippen LogP contribution is 2.39. The zero-order chi connectivity index (χ0) is 26.4. The third-order valence-electron chi connectivity index (χ3n) is 4.76. The summed E-state index contributed by atoms with van der Waals surface area (Å²) in [5, 5.41) is 2.15. The number of rotatable bonds is 9. The van der Waals surface area contributed by atoms with Crippen LogP contribution in [0.4, 0.5) is 10.5 Å². The molecule has 0 bridgehead atoms. The van der Waals surface area contributed by atoms with E-state index in [0.717, 1.165) is 16.7 Å². The Kier molecular flexibility index (Phi) is 9.41. The highest BCUT2D eigenvalue weighted by Gasteiger charge is 2.36. The number of ether oxygens (including phenoxy) is 3. The molecule has 1 N–H and O–H groups in total. The van der Waals surface area contributed by atoms with Crippen LogP contribution in [0.15, 0.2) is 39.7 Å². The number of nitrogens with zero attached hydrogens (tertiary/aromatic N) is 1. The van der Waals surface area contributed by atoms with Gasteiger partial charge in [0.2, 0.25) is 5.91 Å². The van der Waals surface area contributed by atoms with E-state index in [1.165, 1.54) is 31.4 Å². The summed E-state index contributed by atoms with van der Waals surface area (Å²) in [7, 11) is 1.50. The van der Waals surface area contributed by atoms with E-state index in [1.807, 2.05) is 6.92 Å². The Morgan fingerprint density at radius 2 is 1.92 bits per heavy atom. The van der Waals surface area contributed by atoms with Gasteiger partial charge in [0.05, 0.1) is 40.3 Å². The van der Waals surface area contributed by atoms with Gasteiger partial charge in [-0.15, -0.1) is 0 Å². The summed E-state index contributed by atoms with van der Waals surface area (Å²) < 4.78 is 16.5. The van der Waals surface area contributed by atoms with Gasteiger partial charge in [-0.05, 0) is 83.5 Å². The average molecular weight is 598 g/mol. The van der Waals surface area contributed by atoms with Crippen molar-refractivity contribution in [1.29, 1.82) is 0 Å². The van der Waals surface area contributed by atoms with Crippen molar-refractivity contribution in [3.8, 4) is 11.5 Å². The lowest BCUT2D eigenvalue weighted by atomic mass is 10.2. The Balaban J connectivity index is 1.74. The van der Waals surface area contributed by atoms with Crippen LogP contribution in [-0.2, 0) is 14.3 Å². The maximum Gasteiger partial charge on any atom is 0.339 e. The lowest BCUT2D eigenvalue weighted by Crippen LogP contribution is -2.36. The summed E-state index contributed by atoms with van der Waals surface area (Å²) in [6.07, 6.45) is 1.54. The predicted octanol–water partition coefficient (Wildman–Crippen LogP) is 5.36. The van der Waals surface area contributed by atoms with Crippen molar-refractivity contribution >= 4 is 74.1 Å². The summed E-state index contributed by atoms with van der Waals surface area (Å²) in [6, 6.07) is 7.71. The number of halogens is 2. The quantitative estimate of drug-likeness (QED) is 0.304. The molecule has 9 nitrogen and oxygen atoms in total. The lowest BCUT2D eigenvalue weighted by molar-refractivity contribution is -0.127. The van der Waals surface area contributed by atoms with Gasteiger partial charge in [-0.25, -0.2) is 4.79 Å². The zero-order valence-electron chi connectivity index (χ0n) is 19.6. The molecule has 1 fully saturated rings. The van der Waals surface area contributed by atoms with Gasteiger partial charge in [-0.2, -0.15) is 0 Å². The molecule has 2 aromatic carbocycles. The molecular weight excluding hydrogens is 576 g/mol. The lowest BCUT2D eigenvalue weighted by Gasteiger charge is -2.13. The smallest absolute Gasteiger partial charge is 0.339 e. The van der Waals surface area contributed by atoms with Crippen LogP contribution in [0.2, 0.25) is 5.02 Å². The van der Waals surface area contributed by atoms with Crippen molar-refractivity contribution in [3.05, 3.63) is 55.9 Å². The third-order valence-corrected chi connectivity index (χ3v) is 6.59. The van der Waals surface area contributed by atoms with Crippen molar-refractivity contribution in [3.63, 3.8) is 0 Å². The van der Waals surface area contributed by atoms with Gasteiger partial charge in [0.1, 0.15) is 6.54 Å². The summed E-state index contributed by atoms with van der Waals surface area (Å²) in [5.41, 5.74) is 0.952. The number of carbonyl (C=O) groups excluding carboxylic acids is 4. The number of amides is 3. The fraction of sp³-hybridized carbons (Fsp3) is 0.250. The van der Waals surface area contributed by atoms with Crippen LogP contribution in [0.25, 0.3) is 6.08 Å². The van der Waals surface area contributed by atoms with Crippen LogP contribution in [0, 0.1) is 0 Å². The Labute approximate surface area is 225 Å². The average Bonchev–Trinajstić information content (AvgIpc) is 3.09. The predicted molar refractivity (Wildman–Crippen MR) is 141 cm³/mol. The van der Waals surface area contributed by atoms with Gasteiger partial charge in [0, 0.05) is 5.69 Å². The number of carbonyl (C=O) groups is 4. The van der Waals surface area contributed by atoms with Crippen molar-refractivity contribution < 1.29 is 33.4 Å². The zero-order valence-corrected chi connectivity index (χ0v) is 22.7. The molecule has 1 saturated heterocycles. The highest BCUT2D eigenvalue weighted by atomic mass is 79.9. The largest absolute Gasteiger partial charge is 0.493 e. The normalized spacial score (nSPS) is 14.2. The summed E-state index contributed by atoms with van der Waals surface area (Å²) in [4.78, 5) is 50.9. The van der Waals surface area contributed by atoms with Crippen molar-refractivity contribution in [1.82, 2.24) is 4.90 Å². The Morgan fingerprint density at radius 3 is 2.58 bits per heavy atom. The van der Waals surface area contributed by atoms with Crippen LogP contribution in [0.3, 0.4) is 0 Å². The van der Waals surface area contributed by atoms with Crippen LogP contribution in [-0.4, -0.2) is 54.8 Å². The molecule has 36 heavy (non-hydrogen) atoms. The SMILES string of the molecule is CCOC(=O)c1cc(NC(=O)CN2C(=O)S/C(=C/c3cc(Br)c(OCC)c(OC)c3)C2=O)ccc1Cl. The number of hydrogen-bond acceptors (Lipinski definition) is 8. The molecule has 3 amide bonds. The van der Waals surface area contributed by atoms with Gasteiger partial charge in [-0.1, -0.05) is 11.6 Å². The van der Waals surface area contributed by atoms with E-state index in [2.05, 4.69) is 21.2 Å². The number of anilines is 1. The standard InChI is InChI=1S/C24H22BrClN2O7S/c1-4-34-21-16(25)8-13(9-18(21)33-3)10-19-22(30)28(24(32)36-19)12-20(29)27-14-6-7-17(26)15(11-14)23(31)35-5-2/h6-11H,4-5,12H2,1-3H3,(H,27,29)/b19-10+. The molecule has 2 aromatic rings. The first-order valence-electron chi connectivity index (χ1n) is 10.7. The van der Waals surface area contributed by atoms with Gasteiger partial charge < -0.3 is 19.5 Å². The van der Waals surface area contributed by atoms with Gasteiger partial charge in [-0.3, -0.25) is 19.3 Å². The number of benzene rings is 2. The van der Waals surface area contributed by atoms with Gasteiger partial charge in [0.25, 0.3) is 11.1 Å². The van der Waals surface area contributed by atoms with Crippen LogP contribution < -0.4 is 14.8 Å². The fourth-order valence-electron chi connectivity index (χ4n) is 3.21. The molecule has 1 aliphatic heterocycles. The maximum atomic E-state index is 12.9. The van der Waals surface area contributed by atoms with Crippen LogP contribution >= 0.6 is 39.3 Å². The van der Waals surface area contributed by atoms with Crippen molar-refractivity contribution in [2.75, 3.05) is 32.2 Å². The van der Waals surface area contributed by atoms with Gasteiger partial charge in [0.15, 0.2) is 11.5 Å². The molecule has 3 rings (SSSR count). The van der Waals surface area contributed by atoms with E-state index in [4.69, 9.17) is 25.8 Å². The summed E-state index contributed by atoms with van der Waals surface area (Å²) >= 11 is 10.2. The molecule has 1 aliphatic rings. The molecule has 0 spiro atoms. The number of nitrogens with one attached hydrogen (secondary N) is 1. The maximum absolute atomic E-state index is 12.9. The molecule has 0 saturated carbocycles. The minimum atomic E-state index is -0.632. The molecule has 0 atom stereocenters. The fourth-order valence-corrected chi connectivity index (χ4v) is 4.81. The summed E-state index contributed by atoms with van der Waals surface area (Å²) in [6.45, 7) is 3.61. The minimum absolute atomic E-state index is 0.0855. The second kappa shape index (κ2) is 12.3. The molecule has 190 valence electrons. The van der Waals surface area contributed by atoms with E-state index in [0.29, 0.717) is 28.1 Å². The summed E-state index contributed by atoms with van der Waals surface area (Å²) in [5.74, 6) is -0.877. The number of thioether (sulfide) groups is 1. The van der Waals surface area contributed by atoms with E-state index in [-0.39, 0.29) is 27.8 Å². The monoisotopic (exact) mass is 596 g/mol. The number of imide groups is 1. The second-order valence-corrected chi connectivity index (χ2v) is 9.45. The first-order valence-corrected chi connectivity index (χ1v) is 12.7. The van der Waals surface area contributed by atoms with Crippen molar-refractivity contribution in [2.45, 2.75) is 13.8 Å². The molecule has 0 aromatic heterocycles.